The van der Waals surface area contributed by atoms with E-state index in [-0.39, 0.29) is 24.7 Å². The van der Waals surface area contributed by atoms with Gasteiger partial charge in [0.2, 0.25) is 5.88 Å². The molecule has 2 rings (SSSR count). The highest BCUT2D eigenvalue weighted by Gasteiger charge is 2.28. The van der Waals surface area contributed by atoms with Crippen molar-refractivity contribution in [2.75, 3.05) is 13.2 Å². The second-order valence-corrected chi connectivity index (χ2v) is 5.38. The van der Waals surface area contributed by atoms with Crippen LogP contribution >= 0.6 is 0 Å². The summed E-state index contributed by atoms with van der Waals surface area (Å²) in [6.07, 6.45) is 0.629. The van der Waals surface area contributed by atoms with Gasteiger partial charge in [-0.05, 0) is 26.8 Å². The lowest BCUT2D eigenvalue weighted by Crippen LogP contribution is -2.32. The quantitative estimate of drug-likeness (QED) is 0.786. The predicted molar refractivity (Wildman–Crippen MR) is 73.7 cm³/mol. The van der Waals surface area contributed by atoms with Crippen molar-refractivity contribution in [3.05, 3.63) is 22.9 Å². The first-order valence-electron chi connectivity index (χ1n) is 6.80. The number of carbonyl (C=O) groups excluding carboxylic acids is 1. The molecule has 6 nitrogen and oxygen atoms in total. The first-order valence-corrected chi connectivity index (χ1v) is 6.80. The summed E-state index contributed by atoms with van der Waals surface area (Å²) >= 11 is 0. The summed E-state index contributed by atoms with van der Waals surface area (Å²) in [5.74, 6) is -0.313. The molecule has 0 aliphatic carbocycles. The molecule has 112 valence electrons. The number of nitriles is 1. The zero-order chi connectivity index (χ0) is 15.5. The number of ether oxygens (including phenoxy) is 3. The highest BCUT2D eigenvalue weighted by molar-refractivity contribution is 5.71. The third-order valence-electron chi connectivity index (χ3n) is 3.12. The van der Waals surface area contributed by atoms with E-state index in [1.807, 2.05) is 19.9 Å². The van der Waals surface area contributed by atoms with Crippen LogP contribution in [0.4, 0.5) is 0 Å². The van der Waals surface area contributed by atoms with Crippen LogP contribution in [0.5, 0.6) is 5.88 Å². The average molecular weight is 290 g/mol. The van der Waals surface area contributed by atoms with Crippen LogP contribution in [0.1, 0.15) is 37.6 Å². The lowest BCUT2D eigenvalue weighted by molar-refractivity contribution is -0.145. The van der Waals surface area contributed by atoms with E-state index in [2.05, 4.69) is 4.98 Å². The molecule has 0 spiro atoms. The lowest BCUT2D eigenvalue weighted by Gasteiger charge is -2.31. The smallest absolute Gasteiger partial charge is 0.344 e. The van der Waals surface area contributed by atoms with Gasteiger partial charge in [-0.2, -0.15) is 5.26 Å². The fourth-order valence-corrected chi connectivity index (χ4v) is 2.10. The van der Waals surface area contributed by atoms with Gasteiger partial charge in [0, 0.05) is 12.0 Å². The van der Waals surface area contributed by atoms with Crippen molar-refractivity contribution in [2.24, 2.45) is 0 Å². The maximum Gasteiger partial charge on any atom is 0.344 e. The van der Waals surface area contributed by atoms with Crippen LogP contribution < -0.4 is 4.74 Å². The Morgan fingerprint density at radius 1 is 1.57 bits per heavy atom. The van der Waals surface area contributed by atoms with Gasteiger partial charge in [-0.15, -0.1) is 0 Å². The van der Waals surface area contributed by atoms with E-state index in [1.165, 1.54) is 0 Å². The van der Waals surface area contributed by atoms with Gasteiger partial charge in [0.1, 0.15) is 11.6 Å². The number of aromatic nitrogens is 1. The van der Waals surface area contributed by atoms with Crippen molar-refractivity contribution in [1.29, 1.82) is 5.26 Å². The van der Waals surface area contributed by atoms with E-state index in [1.54, 1.807) is 13.0 Å². The number of pyridine rings is 1. The maximum atomic E-state index is 11.3. The Morgan fingerprint density at radius 2 is 2.33 bits per heavy atom. The van der Waals surface area contributed by atoms with Crippen molar-refractivity contribution >= 4 is 5.97 Å². The summed E-state index contributed by atoms with van der Waals surface area (Å²) in [5, 5.41) is 9.16. The van der Waals surface area contributed by atoms with Gasteiger partial charge in [-0.3, -0.25) is 0 Å². The Hall–Kier alpha value is -2.13. The first-order chi connectivity index (χ1) is 9.95. The molecular weight excluding hydrogens is 272 g/mol. The molecule has 0 aromatic carbocycles. The minimum Gasteiger partial charge on any atom is -0.465 e. The zero-order valence-electron chi connectivity index (χ0n) is 12.4. The van der Waals surface area contributed by atoms with Crippen LogP contribution in [0.25, 0.3) is 0 Å². The topological polar surface area (TPSA) is 81.4 Å². The molecular formula is C15H18N2O4. The highest BCUT2D eigenvalue weighted by atomic mass is 16.6. The lowest BCUT2D eigenvalue weighted by atomic mass is 9.95. The van der Waals surface area contributed by atoms with Gasteiger partial charge < -0.3 is 14.2 Å². The normalized spacial score (nSPS) is 15.7. The molecule has 1 aromatic rings. The van der Waals surface area contributed by atoms with Crippen LogP contribution in [0, 0.1) is 11.3 Å². The summed E-state index contributed by atoms with van der Waals surface area (Å²) < 4.78 is 15.8. The molecule has 0 N–H and O–H groups in total. The van der Waals surface area contributed by atoms with Crippen LogP contribution in [-0.2, 0) is 27.3 Å². The highest BCUT2D eigenvalue weighted by Crippen LogP contribution is 2.29. The fourth-order valence-electron chi connectivity index (χ4n) is 2.10. The Bertz CT molecular complexity index is 590. The molecule has 0 unspecified atom stereocenters. The number of rotatable bonds is 4. The van der Waals surface area contributed by atoms with Crippen molar-refractivity contribution in [1.82, 2.24) is 4.98 Å². The van der Waals surface area contributed by atoms with Crippen LogP contribution in [0.3, 0.4) is 0 Å². The SMILES string of the molecule is CCOC(=O)COc1nc2c(cc1C#N)COC(C)(C)C2. The second kappa shape index (κ2) is 6.10. The number of nitrogens with zero attached hydrogens (tertiary/aromatic N) is 2. The van der Waals surface area contributed by atoms with Gasteiger partial charge >= 0.3 is 5.97 Å². The molecule has 0 amide bonds. The maximum absolute atomic E-state index is 11.3. The van der Waals surface area contributed by atoms with Crippen LogP contribution in [-0.4, -0.2) is 29.8 Å². The molecule has 1 aliphatic heterocycles. The molecule has 0 saturated carbocycles. The van der Waals surface area contributed by atoms with Crippen molar-refractivity contribution in [3.63, 3.8) is 0 Å². The third-order valence-corrected chi connectivity index (χ3v) is 3.12. The number of carbonyl (C=O) groups is 1. The Kier molecular flexibility index (Phi) is 4.43. The summed E-state index contributed by atoms with van der Waals surface area (Å²) in [4.78, 5) is 15.7. The second-order valence-electron chi connectivity index (χ2n) is 5.38. The summed E-state index contributed by atoms with van der Waals surface area (Å²) in [7, 11) is 0. The van der Waals surface area contributed by atoms with E-state index in [0.717, 1.165) is 11.3 Å². The summed E-state index contributed by atoms with van der Waals surface area (Å²) in [6, 6.07) is 3.73. The minimum absolute atomic E-state index is 0.169. The Labute approximate surface area is 123 Å². The zero-order valence-corrected chi connectivity index (χ0v) is 12.4. The summed E-state index contributed by atoms with van der Waals surface area (Å²) in [6.45, 7) is 6.13. The summed E-state index contributed by atoms with van der Waals surface area (Å²) in [5.41, 5.74) is 1.71. The molecule has 21 heavy (non-hydrogen) atoms. The van der Waals surface area contributed by atoms with Gasteiger partial charge in [0.05, 0.1) is 24.5 Å². The van der Waals surface area contributed by atoms with E-state index >= 15 is 0 Å². The molecule has 0 saturated heterocycles. The Morgan fingerprint density at radius 3 is 3.00 bits per heavy atom. The monoisotopic (exact) mass is 290 g/mol. The van der Waals surface area contributed by atoms with E-state index in [9.17, 15) is 4.79 Å². The van der Waals surface area contributed by atoms with E-state index in [4.69, 9.17) is 19.5 Å². The largest absolute Gasteiger partial charge is 0.465 e. The van der Waals surface area contributed by atoms with Gasteiger partial charge in [-0.25, -0.2) is 9.78 Å². The van der Waals surface area contributed by atoms with Crippen molar-refractivity contribution < 1.29 is 19.0 Å². The van der Waals surface area contributed by atoms with Crippen LogP contribution in [0.2, 0.25) is 0 Å². The molecule has 1 aliphatic rings. The first kappa shape index (κ1) is 15.3. The third kappa shape index (κ3) is 3.70. The number of hydrogen-bond acceptors (Lipinski definition) is 6. The molecule has 0 bridgehead atoms. The standard InChI is InChI=1S/C15H18N2O4/c1-4-19-13(18)9-20-14-10(7-16)5-11-8-21-15(2,3)6-12(11)17-14/h5H,4,6,8-9H2,1-3H3. The average Bonchev–Trinajstić information content (AvgIpc) is 2.43. The number of fused-ring (bicyclic) bond motifs is 1. The van der Waals surface area contributed by atoms with Crippen molar-refractivity contribution in [3.8, 4) is 11.9 Å². The van der Waals surface area contributed by atoms with Gasteiger partial charge in [0.15, 0.2) is 6.61 Å². The fraction of sp³-hybridized carbons (Fsp3) is 0.533. The molecule has 0 atom stereocenters. The van der Waals surface area contributed by atoms with E-state index < -0.39 is 5.97 Å². The van der Waals surface area contributed by atoms with Crippen LogP contribution in [0.15, 0.2) is 6.07 Å². The minimum atomic E-state index is -0.482. The molecule has 6 heteroatoms. The molecule has 0 radical (unpaired) electrons. The molecule has 1 aromatic heterocycles. The molecule has 0 fully saturated rings. The van der Waals surface area contributed by atoms with E-state index in [0.29, 0.717) is 18.6 Å². The Balaban J connectivity index is 2.21. The van der Waals surface area contributed by atoms with Gasteiger partial charge in [-0.1, -0.05) is 0 Å². The van der Waals surface area contributed by atoms with Crippen molar-refractivity contribution in [2.45, 2.75) is 39.4 Å². The number of esters is 1. The molecule has 2 heterocycles. The number of hydrogen-bond donors (Lipinski definition) is 0. The van der Waals surface area contributed by atoms with Gasteiger partial charge in [0.25, 0.3) is 0 Å². The predicted octanol–water partition coefficient (Wildman–Crippen LogP) is 1.75.